The van der Waals surface area contributed by atoms with Gasteiger partial charge in [-0.3, -0.25) is 0 Å². The van der Waals surface area contributed by atoms with Crippen LogP contribution in [-0.4, -0.2) is 59.1 Å². The molecule has 1 aliphatic rings. The molecule has 2 heterocycles. The third-order valence-corrected chi connectivity index (χ3v) is 6.78. The van der Waals surface area contributed by atoms with E-state index >= 15 is 0 Å². The molecule has 1 aromatic heterocycles. The van der Waals surface area contributed by atoms with E-state index in [1.165, 1.54) is 33.3 Å². The predicted molar refractivity (Wildman–Crippen MR) is 134 cm³/mol. The Balaban J connectivity index is 1.95. The smallest absolute Gasteiger partial charge is 0.344 e. The Kier molecular flexibility index (Phi) is 5.88. The molecular formula is C27H26O9. The molecule has 36 heavy (non-hydrogen) atoms. The van der Waals surface area contributed by atoms with Crippen molar-refractivity contribution in [2.75, 3.05) is 14.2 Å². The Bertz CT molecular complexity index is 1570. The van der Waals surface area contributed by atoms with Gasteiger partial charge in [0.25, 0.3) is 0 Å². The highest BCUT2D eigenvalue weighted by Gasteiger charge is 2.46. The molecule has 9 nitrogen and oxygen atoms in total. The molecule has 4 N–H and O–H groups in total. The van der Waals surface area contributed by atoms with Gasteiger partial charge in [-0.1, -0.05) is 18.7 Å². The molecule has 9 heteroatoms. The fourth-order valence-corrected chi connectivity index (χ4v) is 5.06. The number of fused-ring (bicyclic) bond motifs is 5. The zero-order chi connectivity index (χ0) is 25.9. The Morgan fingerprint density at radius 1 is 1.00 bits per heavy atom. The van der Waals surface area contributed by atoms with Gasteiger partial charge in [0.2, 0.25) is 0 Å². The molecule has 0 bridgehead atoms. The summed E-state index contributed by atoms with van der Waals surface area (Å²) in [6.45, 7) is 5.21. The van der Waals surface area contributed by atoms with Gasteiger partial charge in [-0.25, -0.2) is 4.79 Å². The fraction of sp³-hybridized carbons (Fsp3) is 0.296. The molecule has 0 aliphatic carbocycles. The molecule has 1 saturated heterocycles. The fourth-order valence-electron chi connectivity index (χ4n) is 5.06. The Labute approximate surface area is 205 Å². The number of hydrogen-bond acceptors (Lipinski definition) is 9. The van der Waals surface area contributed by atoms with Gasteiger partial charge in [-0.15, -0.1) is 0 Å². The van der Waals surface area contributed by atoms with Gasteiger partial charge in [0, 0.05) is 16.2 Å². The first kappa shape index (κ1) is 24.1. The summed E-state index contributed by atoms with van der Waals surface area (Å²) >= 11 is 0. The van der Waals surface area contributed by atoms with Crippen LogP contribution in [0.3, 0.4) is 0 Å². The summed E-state index contributed by atoms with van der Waals surface area (Å²) < 4.78 is 22.9. The van der Waals surface area contributed by atoms with Crippen LogP contribution in [0, 0.1) is 0 Å². The summed E-state index contributed by atoms with van der Waals surface area (Å²) in [5.41, 5.74) is 0.475. The van der Waals surface area contributed by atoms with Crippen LogP contribution in [-0.2, 0) is 4.74 Å². The van der Waals surface area contributed by atoms with Gasteiger partial charge in [0.05, 0.1) is 31.1 Å². The normalized spacial score (nSPS) is 22.8. The average molecular weight is 494 g/mol. The number of methoxy groups -OCH3 is 2. The molecule has 1 fully saturated rings. The highest BCUT2D eigenvalue weighted by Crippen LogP contribution is 2.47. The first-order valence-corrected chi connectivity index (χ1v) is 11.3. The van der Waals surface area contributed by atoms with E-state index in [0.29, 0.717) is 27.6 Å². The zero-order valence-corrected chi connectivity index (χ0v) is 19.9. The maximum absolute atomic E-state index is 13.2. The van der Waals surface area contributed by atoms with Crippen LogP contribution in [0.5, 0.6) is 17.2 Å². The summed E-state index contributed by atoms with van der Waals surface area (Å²) in [7, 11) is 2.92. The molecule has 0 amide bonds. The molecule has 3 aromatic carbocycles. The standard InChI is InChI=1S/C27H26O9/c1-5-12-8-15-19(17(9-12)33-3)14-10-18(34-4)21-16(29)7-6-13(20(21)25(14)36-27(15)32)26-23(31)22(30)24(35-26)11(2)28/h5-11,22-24,26,28-31H,1H2,2-4H3/t11-,22-,23+,24-,26+/m0/s1. The quantitative estimate of drug-likeness (QED) is 0.244. The third kappa shape index (κ3) is 3.43. The number of phenolic OH excluding ortho intramolecular Hbond substituents is 1. The van der Waals surface area contributed by atoms with Crippen molar-refractivity contribution >= 4 is 38.6 Å². The molecule has 0 radical (unpaired) electrons. The Morgan fingerprint density at radius 3 is 2.31 bits per heavy atom. The lowest BCUT2D eigenvalue weighted by Crippen LogP contribution is -2.36. The summed E-state index contributed by atoms with van der Waals surface area (Å²) in [5, 5.41) is 43.8. The topological polar surface area (TPSA) is 139 Å². The summed E-state index contributed by atoms with van der Waals surface area (Å²) in [6.07, 6.45) is -4.36. The number of aliphatic hydroxyl groups is 3. The van der Waals surface area contributed by atoms with Crippen molar-refractivity contribution in [1.82, 2.24) is 0 Å². The van der Waals surface area contributed by atoms with Crippen molar-refractivity contribution in [3.05, 3.63) is 58.5 Å². The van der Waals surface area contributed by atoms with E-state index < -0.39 is 36.1 Å². The molecule has 0 unspecified atom stereocenters. The number of aromatic hydroxyl groups is 1. The maximum atomic E-state index is 13.2. The van der Waals surface area contributed by atoms with Crippen LogP contribution in [0.1, 0.15) is 24.2 Å². The highest BCUT2D eigenvalue weighted by atomic mass is 16.6. The van der Waals surface area contributed by atoms with E-state index in [4.69, 9.17) is 18.6 Å². The van der Waals surface area contributed by atoms with Gasteiger partial charge in [0.1, 0.15) is 47.2 Å². The third-order valence-electron chi connectivity index (χ3n) is 6.78. The van der Waals surface area contributed by atoms with Gasteiger partial charge in [-0.2, -0.15) is 0 Å². The van der Waals surface area contributed by atoms with Crippen LogP contribution in [0.25, 0.3) is 38.6 Å². The highest BCUT2D eigenvalue weighted by molar-refractivity contribution is 6.19. The second-order valence-electron chi connectivity index (χ2n) is 8.86. The minimum absolute atomic E-state index is 0.115. The first-order valence-electron chi connectivity index (χ1n) is 11.3. The van der Waals surface area contributed by atoms with Crippen LogP contribution in [0.2, 0.25) is 0 Å². The number of benzene rings is 3. The lowest BCUT2D eigenvalue weighted by molar-refractivity contribution is -0.0586. The van der Waals surface area contributed by atoms with E-state index in [0.717, 1.165) is 0 Å². The second-order valence-corrected chi connectivity index (χ2v) is 8.86. The summed E-state index contributed by atoms with van der Waals surface area (Å²) in [6, 6.07) is 7.94. The molecular weight excluding hydrogens is 468 g/mol. The number of hydrogen-bond donors (Lipinski definition) is 4. The Hall–Kier alpha value is -3.63. The molecule has 1 aliphatic heterocycles. The van der Waals surface area contributed by atoms with E-state index in [9.17, 15) is 25.2 Å². The average Bonchev–Trinajstić information content (AvgIpc) is 3.17. The van der Waals surface area contributed by atoms with Gasteiger partial charge >= 0.3 is 5.63 Å². The summed E-state index contributed by atoms with van der Waals surface area (Å²) in [4.78, 5) is 13.2. The number of rotatable bonds is 5. The van der Waals surface area contributed by atoms with Crippen molar-refractivity contribution in [2.24, 2.45) is 0 Å². The van der Waals surface area contributed by atoms with E-state index in [1.807, 2.05) is 0 Å². The van der Waals surface area contributed by atoms with Crippen molar-refractivity contribution in [3.8, 4) is 17.2 Å². The minimum Gasteiger partial charge on any atom is -0.507 e. The van der Waals surface area contributed by atoms with Crippen molar-refractivity contribution in [2.45, 2.75) is 37.4 Å². The SMILES string of the molecule is C=Cc1cc(OC)c2c(c1)c(=O)oc1c2cc(OC)c2c(O)ccc([C@H]3O[C@@H]([C@H](C)O)[C@@H](O)[C@H]3O)c21. The van der Waals surface area contributed by atoms with Gasteiger partial charge in [0.15, 0.2) is 0 Å². The molecule has 5 rings (SSSR count). The van der Waals surface area contributed by atoms with Crippen LogP contribution < -0.4 is 15.1 Å². The van der Waals surface area contributed by atoms with Crippen molar-refractivity contribution < 1.29 is 39.1 Å². The van der Waals surface area contributed by atoms with Crippen molar-refractivity contribution in [1.29, 1.82) is 0 Å². The molecule has 4 aromatic rings. The van der Waals surface area contributed by atoms with Gasteiger partial charge in [-0.05, 0) is 42.3 Å². The van der Waals surface area contributed by atoms with Crippen LogP contribution >= 0.6 is 0 Å². The number of phenols is 1. The lowest BCUT2D eigenvalue weighted by Gasteiger charge is -2.20. The Morgan fingerprint density at radius 2 is 1.69 bits per heavy atom. The van der Waals surface area contributed by atoms with Gasteiger partial charge < -0.3 is 39.1 Å². The van der Waals surface area contributed by atoms with E-state index in [2.05, 4.69) is 6.58 Å². The van der Waals surface area contributed by atoms with E-state index in [1.54, 1.807) is 24.3 Å². The monoisotopic (exact) mass is 494 g/mol. The second kappa shape index (κ2) is 8.79. The first-order chi connectivity index (χ1) is 17.2. The number of aliphatic hydroxyl groups excluding tert-OH is 3. The zero-order valence-electron chi connectivity index (χ0n) is 19.9. The van der Waals surface area contributed by atoms with Crippen LogP contribution in [0.4, 0.5) is 0 Å². The molecule has 188 valence electrons. The summed E-state index contributed by atoms with van der Waals surface area (Å²) in [5.74, 6) is 0.538. The number of ether oxygens (including phenoxy) is 3. The lowest BCUT2D eigenvalue weighted by atomic mass is 9.92. The van der Waals surface area contributed by atoms with Crippen LogP contribution in [0.15, 0.2) is 46.1 Å². The molecule has 0 spiro atoms. The van der Waals surface area contributed by atoms with E-state index in [-0.39, 0.29) is 33.2 Å². The largest absolute Gasteiger partial charge is 0.507 e. The maximum Gasteiger partial charge on any atom is 0.344 e. The predicted octanol–water partition coefficient (Wildman–Crippen LogP) is 3.01. The van der Waals surface area contributed by atoms with Crippen molar-refractivity contribution in [3.63, 3.8) is 0 Å². The minimum atomic E-state index is -1.39. The molecule has 0 saturated carbocycles. The molecule has 5 atom stereocenters.